The van der Waals surface area contributed by atoms with Crippen LogP contribution < -0.4 is 14.8 Å². The van der Waals surface area contributed by atoms with E-state index < -0.39 is 0 Å². The number of hydrogen-bond donors (Lipinski definition) is 1. The molecule has 3 aromatic rings. The van der Waals surface area contributed by atoms with Crippen LogP contribution in [-0.2, 0) is 0 Å². The number of nitrogens with one attached hydrogen (secondary N) is 1. The fraction of sp³-hybridized carbons (Fsp3) is 0.333. The molecule has 28 heavy (non-hydrogen) atoms. The molecule has 6 nitrogen and oxygen atoms in total. The summed E-state index contributed by atoms with van der Waals surface area (Å²) in [6.07, 6.45) is 0. The van der Waals surface area contributed by atoms with E-state index in [1.807, 2.05) is 35.7 Å². The van der Waals surface area contributed by atoms with Crippen LogP contribution in [0.4, 0.5) is 0 Å². The molecule has 2 aromatic heterocycles. The molecule has 1 aliphatic rings. The normalized spacial score (nSPS) is 14.1. The molecular formula is C21H22N2O4S. The number of carbonyl (C=O) groups is 1. The molecule has 0 saturated carbocycles. The molecule has 1 unspecified atom stereocenters. The van der Waals surface area contributed by atoms with Crippen LogP contribution in [-0.4, -0.2) is 24.1 Å². The summed E-state index contributed by atoms with van der Waals surface area (Å²) in [6.45, 7) is 6.96. The molecule has 1 atom stereocenters. The molecule has 0 spiro atoms. The molecule has 0 bridgehead atoms. The molecule has 1 N–H and O–H groups in total. The highest BCUT2D eigenvalue weighted by Gasteiger charge is 2.25. The lowest BCUT2D eigenvalue weighted by Crippen LogP contribution is -2.32. The Kier molecular flexibility index (Phi) is 5.09. The Morgan fingerprint density at radius 2 is 1.96 bits per heavy atom. The van der Waals surface area contributed by atoms with Gasteiger partial charge in [-0.2, -0.15) is 0 Å². The third-order valence-electron chi connectivity index (χ3n) is 4.62. The maximum atomic E-state index is 12.9. The summed E-state index contributed by atoms with van der Waals surface area (Å²) in [4.78, 5) is 18.3. The number of oxazole rings is 1. The molecule has 0 saturated heterocycles. The van der Waals surface area contributed by atoms with E-state index in [4.69, 9.17) is 13.9 Å². The number of carbonyl (C=O) groups excluding carboxylic acids is 1. The zero-order chi connectivity index (χ0) is 19.7. The van der Waals surface area contributed by atoms with Crippen molar-refractivity contribution in [3.63, 3.8) is 0 Å². The van der Waals surface area contributed by atoms with E-state index in [1.165, 1.54) is 11.3 Å². The maximum Gasteiger partial charge on any atom is 0.274 e. The molecule has 1 aliphatic heterocycles. The van der Waals surface area contributed by atoms with Crippen molar-refractivity contribution in [2.45, 2.75) is 26.8 Å². The zero-order valence-electron chi connectivity index (χ0n) is 16.0. The second-order valence-electron chi connectivity index (χ2n) is 7.00. The summed E-state index contributed by atoms with van der Waals surface area (Å²) in [7, 11) is 0. The molecule has 7 heteroatoms. The van der Waals surface area contributed by atoms with Gasteiger partial charge in [-0.05, 0) is 42.0 Å². The van der Waals surface area contributed by atoms with E-state index in [0.717, 1.165) is 16.2 Å². The van der Waals surface area contributed by atoms with Gasteiger partial charge in [0, 0.05) is 0 Å². The van der Waals surface area contributed by atoms with Gasteiger partial charge in [0.2, 0.25) is 5.89 Å². The monoisotopic (exact) mass is 398 g/mol. The number of aryl methyl sites for hydroxylation is 1. The van der Waals surface area contributed by atoms with Crippen LogP contribution in [0, 0.1) is 12.8 Å². The Hall–Kier alpha value is -2.80. The molecule has 0 radical (unpaired) electrons. The maximum absolute atomic E-state index is 12.9. The fourth-order valence-electron chi connectivity index (χ4n) is 3.21. The number of benzene rings is 1. The highest BCUT2D eigenvalue weighted by atomic mass is 32.1. The molecule has 0 aliphatic carbocycles. The summed E-state index contributed by atoms with van der Waals surface area (Å²) in [5.41, 5.74) is 1.28. The van der Waals surface area contributed by atoms with Crippen molar-refractivity contribution in [3.05, 3.63) is 52.7 Å². The smallest absolute Gasteiger partial charge is 0.274 e. The zero-order valence-corrected chi connectivity index (χ0v) is 16.8. The van der Waals surface area contributed by atoms with Gasteiger partial charge in [-0.25, -0.2) is 4.98 Å². The summed E-state index contributed by atoms with van der Waals surface area (Å²) in [5.74, 6) is 2.34. The largest absolute Gasteiger partial charge is 0.486 e. The molecule has 3 heterocycles. The second kappa shape index (κ2) is 7.67. The minimum absolute atomic E-state index is 0.176. The van der Waals surface area contributed by atoms with Gasteiger partial charge in [-0.15, -0.1) is 11.3 Å². The molecule has 1 aromatic carbocycles. The number of aromatic nitrogens is 1. The molecule has 0 fully saturated rings. The van der Waals surface area contributed by atoms with Crippen molar-refractivity contribution < 1.29 is 18.7 Å². The first-order valence-electron chi connectivity index (χ1n) is 9.24. The lowest BCUT2D eigenvalue weighted by atomic mass is 9.95. The van der Waals surface area contributed by atoms with E-state index in [2.05, 4.69) is 24.1 Å². The first-order chi connectivity index (χ1) is 13.5. The highest BCUT2D eigenvalue weighted by molar-refractivity contribution is 7.13. The van der Waals surface area contributed by atoms with Gasteiger partial charge < -0.3 is 19.2 Å². The Morgan fingerprint density at radius 1 is 1.18 bits per heavy atom. The van der Waals surface area contributed by atoms with Crippen molar-refractivity contribution in [2.75, 3.05) is 13.2 Å². The van der Waals surface area contributed by atoms with Gasteiger partial charge in [0.25, 0.3) is 5.91 Å². The van der Waals surface area contributed by atoms with Crippen molar-refractivity contribution >= 4 is 17.2 Å². The lowest BCUT2D eigenvalue weighted by Gasteiger charge is -2.25. The van der Waals surface area contributed by atoms with Crippen LogP contribution >= 0.6 is 11.3 Å². The standard InChI is InChI=1S/C21H22N2O4S/c1-12(2)18(14-6-7-15-16(11-14)26-9-8-25-15)22-20(24)19-13(3)27-21(23-19)17-5-4-10-28-17/h4-7,10-12,18H,8-9H2,1-3H3,(H,22,24). The molecule has 146 valence electrons. The Bertz CT molecular complexity index is 978. The minimum Gasteiger partial charge on any atom is -0.486 e. The predicted octanol–water partition coefficient (Wildman–Crippen LogP) is 4.61. The van der Waals surface area contributed by atoms with Gasteiger partial charge in [0.1, 0.15) is 19.0 Å². The Balaban J connectivity index is 1.58. The average molecular weight is 398 g/mol. The number of hydrogen-bond acceptors (Lipinski definition) is 6. The number of rotatable bonds is 5. The average Bonchev–Trinajstić information content (AvgIpc) is 3.35. The van der Waals surface area contributed by atoms with Crippen LogP contribution in [0.3, 0.4) is 0 Å². The van der Waals surface area contributed by atoms with Crippen molar-refractivity contribution in [1.29, 1.82) is 0 Å². The van der Waals surface area contributed by atoms with Gasteiger partial charge in [-0.1, -0.05) is 26.0 Å². The highest BCUT2D eigenvalue weighted by Crippen LogP contribution is 2.34. The topological polar surface area (TPSA) is 73.6 Å². The second-order valence-corrected chi connectivity index (χ2v) is 7.95. The van der Waals surface area contributed by atoms with Crippen molar-refractivity contribution in [2.24, 2.45) is 5.92 Å². The SMILES string of the molecule is Cc1oc(-c2cccs2)nc1C(=O)NC(c1ccc2c(c1)OCCO2)C(C)C. The summed E-state index contributed by atoms with van der Waals surface area (Å²) in [6, 6.07) is 9.45. The number of thiophene rings is 1. The van der Waals surface area contributed by atoms with Crippen LogP contribution in [0.15, 0.2) is 40.1 Å². The lowest BCUT2D eigenvalue weighted by molar-refractivity contribution is 0.0919. The van der Waals surface area contributed by atoms with E-state index in [0.29, 0.717) is 36.3 Å². The summed E-state index contributed by atoms with van der Waals surface area (Å²) >= 11 is 1.52. The summed E-state index contributed by atoms with van der Waals surface area (Å²) in [5, 5.41) is 5.05. The third kappa shape index (κ3) is 3.62. The van der Waals surface area contributed by atoms with Gasteiger partial charge in [-0.3, -0.25) is 4.79 Å². The molecule has 4 rings (SSSR count). The Labute approximate surface area is 167 Å². The molecule has 1 amide bonds. The van der Waals surface area contributed by atoms with Gasteiger partial charge >= 0.3 is 0 Å². The number of nitrogens with zero attached hydrogens (tertiary/aromatic N) is 1. The van der Waals surface area contributed by atoms with E-state index in [-0.39, 0.29) is 17.9 Å². The van der Waals surface area contributed by atoms with E-state index >= 15 is 0 Å². The fourth-order valence-corrected chi connectivity index (χ4v) is 3.86. The number of fused-ring (bicyclic) bond motifs is 1. The third-order valence-corrected chi connectivity index (χ3v) is 5.48. The van der Waals surface area contributed by atoms with Gasteiger partial charge in [0.15, 0.2) is 17.2 Å². The number of amides is 1. The van der Waals surface area contributed by atoms with Crippen LogP contribution in [0.1, 0.15) is 41.7 Å². The van der Waals surface area contributed by atoms with Crippen LogP contribution in [0.5, 0.6) is 11.5 Å². The van der Waals surface area contributed by atoms with Crippen molar-refractivity contribution in [3.8, 4) is 22.3 Å². The van der Waals surface area contributed by atoms with Crippen molar-refractivity contribution in [1.82, 2.24) is 10.3 Å². The van der Waals surface area contributed by atoms with Crippen LogP contribution in [0.2, 0.25) is 0 Å². The first kappa shape index (κ1) is 18.6. The van der Waals surface area contributed by atoms with E-state index in [1.54, 1.807) is 6.92 Å². The number of ether oxygens (including phenoxy) is 2. The predicted molar refractivity (Wildman–Crippen MR) is 107 cm³/mol. The van der Waals surface area contributed by atoms with Crippen LogP contribution in [0.25, 0.3) is 10.8 Å². The van der Waals surface area contributed by atoms with E-state index in [9.17, 15) is 4.79 Å². The minimum atomic E-state index is -0.252. The molecular weight excluding hydrogens is 376 g/mol. The quantitative estimate of drug-likeness (QED) is 0.679. The first-order valence-corrected chi connectivity index (χ1v) is 10.1. The summed E-state index contributed by atoms with van der Waals surface area (Å²) < 4.78 is 17.0. The van der Waals surface area contributed by atoms with Gasteiger partial charge in [0.05, 0.1) is 10.9 Å². The Morgan fingerprint density at radius 3 is 2.68 bits per heavy atom.